The van der Waals surface area contributed by atoms with Crippen molar-refractivity contribution in [2.75, 3.05) is 0 Å². The fourth-order valence-corrected chi connectivity index (χ4v) is 2.44. The van der Waals surface area contributed by atoms with Gasteiger partial charge < -0.3 is 0 Å². The highest BCUT2D eigenvalue weighted by atomic mass is 14.1. The molecule has 0 saturated carbocycles. The zero-order chi connectivity index (χ0) is 14.8. The predicted octanol–water partition coefficient (Wildman–Crippen LogP) is 6.71. The highest BCUT2D eigenvalue weighted by Gasteiger charge is 2.03. The Morgan fingerprint density at radius 3 is 2.30 bits per heavy atom. The van der Waals surface area contributed by atoms with Gasteiger partial charge in [0.2, 0.25) is 0 Å². The zero-order valence-electron chi connectivity index (χ0n) is 13.5. The average Bonchev–Trinajstić information content (AvgIpc) is 2.45. The second-order valence-corrected chi connectivity index (χ2v) is 5.71. The molecule has 0 fully saturated rings. The first-order valence-corrected chi connectivity index (χ1v) is 8.10. The van der Waals surface area contributed by atoms with Gasteiger partial charge in [-0.15, -0.1) is 0 Å². The summed E-state index contributed by atoms with van der Waals surface area (Å²) in [6.07, 6.45) is 10.8. The van der Waals surface area contributed by atoms with Crippen LogP contribution in [0.2, 0.25) is 0 Å². The molecule has 0 aliphatic heterocycles. The summed E-state index contributed by atoms with van der Waals surface area (Å²) in [5, 5.41) is 0. The number of allylic oxidation sites excluding steroid dienone is 3. The lowest BCUT2D eigenvalue weighted by Gasteiger charge is -2.10. The van der Waals surface area contributed by atoms with E-state index in [1.165, 1.54) is 48.0 Å². The second kappa shape index (κ2) is 9.58. The van der Waals surface area contributed by atoms with Crippen LogP contribution < -0.4 is 0 Å². The van der Waals surface area contributed by atoms with Gasteiger partial charge in [0, 0.05) is 0 Å². The first-order valence-electron chi connectivity index (χ1n) is 8.10. The molecule has 20 heavy (non-hydrogen) atoms. The van der Waals surface area contributed by atoms with E-state index in [1.54, 1.807) is 0 Å². The summed E-state index contributed by atoms with van der Waals surface area (Å²) in [5.41, 5.74) is 5.59. The van der Waals surface area contributed by atoms with Crippen LogP contribution in [-0.2, 0) is 0 Å². The molecule has 0 unspecified atom stereocenters. The SMILES string of the molecule is C=C(CCCCC)CC/C(=C\CC)c1ccc(C)cc1. The van der Waals surface area contributed by atoms with Crippen LogP contribution in [0.25, 0.3) is 5.57 Å². The van der Waals surface area contributed by atoms with E-state index in [2.05, 4.69) is 57.7 Å². The summed E-state index contributed by atoms with van der Waals surface area (Å²) in [5.74, 6) is 0. The monoisotopic (exact) mass is 270 g/mol. The molecule has 0 N–H and O–H groups in total. The van der Waals surface area contributed by atoms with Crippen molar-refractivity contribution in [1.29, 1.82) is 0 Å². The summed E-state index contributed by atoms with van der Waals surface area (Å²) in [6.45, 7) is 10.8. The number of aryl methyl sites for hydroxylation is 1. The van der Waals surface area contributed by atoms with Gasteiger partial charge in [0.1, 0.15) is 0 Å². The molecular weight excluding hydrogens is 240 g/mol. The maximum atomic E-state index is 4.24. The predicted molar refractivity (Wildman–Crippen MR) is 92.0 cm³/mol. The minimum atomic E-state index is 1.10. The van der Waals surface area contributed by atoms with Gasteiger partial charge in [-0.2, -0.15) is 0 Å². The molecule has 0 saturated heterocycles. The number of hydrogen-bond donors (Lipinski definition) is 0. The Morgan fingerprint density at radius 1 is 1.00 bits per heavy atom. The molecule has 0 bridgehead atoms. The van der Waals surface area contributed by atoms with E-state index in [1.807, 2.05) is 0 Å². The molecule has 0 heterocycles. The van der Waals surface area contributed by atoms with Crippen molar-refractivity contribution in [1.82, 2.24) is 0 Å². The molecule has 1 rings (SSSR count). The van der Waals surface area contributed by atoms with Gasteiger partial charge in [0.05, 0.1) is 0 Å². The Hall–Kier alpha value is -1.30. The lowest BCUT2D eigenvalue weighted by Crippen LogP contribution is -1.89. The Morgan fingerprint density at radius 2 is 1.70 bits per heavy atom. The topological polar surface area (TPSA) is 0 Å². The minimum Gasteiger partial charge on any atom is -0.0999 e. The van der Waals surface area contributed by atoms with E-state index < -0.39 is 0 Å². The quantitative estimate of drug-likeness (QED) is 0.346. The molecule has 1 aromatic carbocycles. The van der Waals surface area contributed by atoms with Crippen LogP contribution in [0.1, 0.15) is 69.9 Å². The van der Waals surface area contributed by atoms with Crippen molar-refractivity contribution in [2.45, 2.75) is 65.7 Å². The third kappa shape index (κ3) is 6.23. The second-order valence-electron chi connectivity index (χ2n) is 5.71. The van der Waals surface area contributed by atoms with Crippen molar-refractivity contribution in [3.63, 3.8) is 0 Å². The zero-order valence-corrected chi connectivity index (χ0v) is 13.5. The smallest absolute Gasteiger partial charge is 0.0227 e. The Bertz CT molecular complexity index is 420. The third-order valence-electron chi connectivity index (χ3n) is 3.75. The van der Waals surface area contributed by atoms with Gasteiger partial charge in [-0.05, 0) is 50.2 Å². The van der Waals surface area contributed by atoms with Gasteiger partial charge >= 0.3 is 0 Å². The molecule has 110 valence electrons. The van der Waals surface area contributed by atoms with Crippen molar-refractivity contribution >= 4 is 5.57 Å². The summed E-state index contributed by atoms with van der Waals surface area (Å²) in [6, 6.07) is 8.90. The maximum Gasteiger partial charge on any atom is -0.0227 e. The molecule has 0 nitrogen and oxygen atoms in total. The first-order chi connectivity index (χ1) is 9.67. The van der Waals surface area contributed by atoms with E-state index in [0.29, 0.717) is 0 Å². The summed E-state index contributed by atoms with van der Waals surface area (Å²) in [7, 11) is 0. The summed E-state index contributed by atoms with van der Waals surface area (Å²) < 4.78 is 0. The largest absolute Gasteiger partial charge is 0.0999 e. The normalized spacial score (nSPS) is 11.7. The Kier molecular flexibility index (Phi) is 8.02. The molecule has 0 spiro atoms. The van der Waals surface area contributed by atoms with Crippen LogP contribution in [-0.4, -0.2) is 0 Å². The van der Waals surface area contributed by atoms with E-state index in [9.17, 15) is 0 Å². The van der Waals surface area contributed by atoms with Gasteiger partial charge in [0.25, 0.3) is 0 Å². The van der Waals surface area contributed by atoms with E-state index >= 15 is 0 Å². The fourth-order valence-electron chi connectivity index (χ4n) is 2.44. The lowest BCUT2D eigenvalue weighted by molar-refractivity contribution is 0.699. The van der Waals surface area contributed by atoms with Crippen molar-refractivity contribution < 1.29 is 0 Å². The third-order valence-corrected chi connectivity index (χ3v) is 3.75. The molecule has 0 aromatic heterocycles. The van der Waals surface area contributed by atoms with Crippen LogP contribution in [0, 0.1) is 6.92 Å². The standard InChI is InChI=1S/C20H30/c1-5-7-8-10-17(3)11-14-19(9-6-2)20-15-12-18(4)13-16-20/h9,12-13,15-16H,3,5-8,10-11,14H2,1-2,4H3/b19-9+. The van der Waals surface area contributed by atoms with Gasteiger partial charge in [-0.3, -0.25) is 0 Å². The first kappa shape index (κ1) is 16.8. The van der Waals surface area contributed by atoms with Crippen LogP contribution >= 0.6 is 0 Å². The molecule has 0 atom stereocenters. The Labute approximate surface area is 125 Å². The Balaban J connectivity index is 2.54. The highest BCUT2D eigenvalue weighted by molar-refractivity contribution is 5.65. The molecule has 0 amide bonds. The van der Waals surface area contributed by atoms with Crippen LogP contribution in [0.4, 0.5) is 0 Å². The van der Waals surface area contributed by atoms with Crippen molar-refractivity contribution in [3.8, 4) is 0 Å². The molecule has 0 heteroatoms. The van der Waals surface area contributed by atoms with Gasteiger partial charge in [-0.25, -0.2) is 0 Å². The number of rotatable bonds is 9. The maximum absolute atomic E-state index is 4.24. The van der Waals surface area contributed by atoms with Crippen molar-refractivity contribution in [3.05, 3.63) is 53.6 Å². The number of unbranched alkanes of at least 4 members (excludes halogenated alkanes) is 2. The van der Waals surface area contributed by atoms with Crippen LogP contribution in [0.5, 0.6) is 0 Å². The number of benzene rings is 1. The lowest BCUT2D eigenvalue weighted by atomic mass is 9.95. The van der Waals surface area contributed by atoms with Gasteiger partial charge in [0.15, 0.2) is 0 Å². The van der Waals surface area contributed by atoms with Crippen LogP contribution in [0.3, 0.4) is 0 Å². The molecule has 0 aliphatic rings. The molecule has 0 radical (unpaired) electrons. The summed E-state index contributed by atoms with van der Waals surface area (Å²) >= 11 is 0. The van der Waals surface area contributed by atoms with Gasteiger partial charge in [-0.1, -0.05) is 74.7 Å². The van der Waals surface area contributed by atoms with E-state index in [-0.39, 0.29) is 0 Å². The van der Waals surface area contributed by atoms with Crippen molar-refractivity contribution in [2.24, 2.45) is 0 Å². The minimum absolute atomic E-state index is 1.10. The number of hydrogen-bond acceptors (Lipinski definition) is 0. The molecular formula is C20H30. The highest BCUT2D eigenvalue weighted by Crippen LogP contribution is 2.24. The summed E-state index contributed by atoms with van der Waals surface area (Å²) in [4.78, 5) is 0. The van der Waals surface area contributed by atoms with E-state index in [0.717, 1.165) is 19.3 Å². The molecule has 0 aliphatic carbocycles. The van der Waals surface area contributed by atoms with E-state index in [4.69, 9.17) is 0 Å². The average molecular weight is 270 g/mol. The van der Waals surface area contributed by atoms with Crippen LogP contribution in [0.15, 0.2) is 42.5 Å². The molecule has 1 aromatic rings. The fraction of sp³-hybridized carbons (Fsp3) is 0.500.